The first-order chi connectivity index (χ1) is 13.8. The smallest absolute Gasteiger partial charge is 0.272 e. The van der Waals surface area contributed by atoms with Crippen molar-refractivity contribution < 1.29 is 9.59 Å². The van der Waals surface area contributed by atoms with Gasteiger partial charge in [-0.25, -0.2) is 9.97 Å². The Morgan fingerprint density at radius 2 is 1.90 bits per heavy atom. The second kappa shape index (κ2) is 11.2. The summed E-state index contributed by atoms with van der Waals surface area (Å²) in [4.78, 5) is 33.8. The van der Waals surface area contributed by atoms with Crippen LogP contribution < -0.4 is 10.6 Å². The Morgan fingerprint density at radius 3 is 2.52 bits per heavy atom. The Labute approximate surface area is 181 Å². The van der Waals surface area contributed by atoms with Crippen molar-refractivity contribution in [1.82, 2.24) is 20.6 Å². The number of halogens is 1. The quantitative estimate of drug-likeness (QED) is 0.460. The maximum absolute atomic E-state index is 12.8. The number of aryl methyl sites for hydroxylation is 1. The van der Waals surface area contributed by atoms with Crippen molar-refractivity contribution in [3.63, 3.8) is 0 Å². The maximum atomic E-state index is 12.8. The molecule has 0 saturated carbocycles. The first kappa shape index (κ1) is 23.2. The van der Waals surface area contributed by atoms with Crippen LogP contribution in [0.4, 0.5) is 0 Å². The van der Waals surface area contributed by atoms with E-state index in [4.69, 9.17) is 11.6 Å². The van der Waals surface area contributed by atoms with E-state index in [1.807, 2.05) is 52.0 Å². The first-order valence-electron chi connectivity index (χ1n) is 9.59. The molecule has 0 aliphatic rings. The maximum Gasteiger partial charge on any atom is 0.272 e. The lowest BCUT2D eigenvalue weighted by Gasteiger charge is -2.20. The van der Waals surface area contributed by atoms with E-state index in [0.29, 0.717) is 18.1 Å². The van der Waals surface area contributed by atoms with Crippen LogP contribution in [0.3, 0.4) is 0 Å². The molecule has 0 aliphatic carbocycles. The summed E-state index contributed by atoms with van der Waals surface area (Å²) in [5, 5.41) is 6.33. The molecule has 0 saturated heterocycles. The van der Waals surface area contributed by atoms with Crippen molar-refractivity contribution in [3.8, 4) is 0 Å². The monoisotopic (exact) mass is 434 g/mol. The van der Waals surface area contributed by atoms with E-state index in [1.165, 1.54) is 18.0 Å². The zero-order valence-corrected chi connectivity index (χ0v) is 18.7. The number of nitrogens with zero attached hydrogens (tertiary/aromatic N) is 2. The molecule has 1 atom stereocenters. The van der Waals surface area contributed by atoms with Gasteiger partial charge in [0.25, 0.3) is 5.91 Å². The highest BCUT2D eigenvalue weighted by atomic mass is 35.5. The van der Waals surface area contributed by atoms with E-state index in [-0.39, 0.29) is 22.5 Å². The van der Waals surface area contributed by atoms with Gasteiger partial charge in [-0.1, -0.05) is 74.0 Å². The average molecular weight is 435 g/mol. The Balaban J connectivity index is 2.09. The van der Waals surface area contributed by atoms with Gasteiger partial charge in [0.1, 0.15) is 6.04 Å². The standard InChI is InChI=1S/C21H27ClN4O2S/c1-5-29-21-24-12-16(22)18(26-21)20(28)25-17(10-13(2)3)19(27)23-11-15-8-6-14(4)7-9-15/h6-9,12-13,17H,5,10-11H2,1-4H3,(H,23,27)(H,25,28)/t17-/m1/s1. The molecule has 0 radical (unpaired) electrons. The molecule has 6 nitrogen and oxygen atoms in total. The van der Waals surface area contributed by atoms with Crippen molar-refractivity contribution in [1.29, 1.82) is 0 Å². The summed E-state index contributed by atoms with van der Waals surface area (Å²) >= 11 is 7.54. The van der Waals surface area contributed by atoms with Crippen LogP contribution >= 0.6 is 23.4 Å². The number of rotatable bonds is 9. The summed E-state index contributed by atoms with van der Waals surface area (Å²) < 4.78 is 0. The summed E-state index contributed by atoms with van der Waals surface area (Å²) in [5.74, 6) is 0.282. The molecule has 1 aromatic heterocycles. The van der Waals surface area contributed by atoms with Crippen LogP contribution in [0.25, 0.3) is 0 Å². The van der Waals surface area contributed by atoms with Crippen molar-refractivity contribution in [3.05, 3.63) is 52.3 Å². The zero-order valence-electron chi connectivity index (χ0n) is 17.2. The molecule has 29 heavy (non-hydrogen) atoms. The summed E-state index contributed by atoms with van der Waals surface area (Å²) in [6.45, 7) is 8.38. The van der Waals surface area contributed by atoms with Gasteiger partial charge in [-0.15, -0.1) is 0 Å². The first-order valence-corrected chi connectivity index (χ1v) is 11.0. The van der Waals surface area contributed by atoms with Gasteiger partial charge in [-0.2, -0.15) is 0 Å². The molecular formula is C21H27ClN4O2S. The lowest BCUT2D eigenvalue weighted by Crippen LogP contribution is -2.47. The van der Waals surface area contributed by atoms with E-state index in [2.05, 4.69) is 20.6 Å². The number of amides is 2. The zero-order chi connectivity index (χ0) is 21.4. The minimum Gasteiger partial charge on any atom is -0.350 e. The second-order valence-electron chi connectivity index (χ2n) is 7.14. The number of thioether (sulfide) groups is 1. The fourth-order valence-corrected chi connectivity index (χ4v) is 3.37. The van der Waals surface area contributed by atoms with Gasteiger partial charge in [0, 0.05) is 6.54 Å². The van der Waals surface area contributed by atoms with E-state index in [9.17, 15) is 9.59 Å². The van der Waals surface area contributed by atoms with Crippen molar-refractivity contribution in [2.24, 2.45) is 5.92 Å². The largest absolute Gasteiger partial charge is 0.350 e. The molecule has 2 aromatic rings. The van der Waals surface area contributed by atoms with Gasteiger partial charge in [0.15, 0.2) is 10.9 Å². The van der Waals surface area contributed by atoms with Crippen LogP contribution in [-0.2, 0) is 11.3 Å². The molecule has 0 aliphatic heterocycles. The molecule has 2 N–H and O–H groups in total. The van der Waals surface area contributed by atoms with Crippen LogP contribution in [0.1, 0.15) is 48.8 Å². The van der Waals surface area contributed by atoms with E-state index >= 15 is 0 Å². The molecule has 2 rings (SSSR count). The topological polar surface area (TPSA) is 84.0 Å². The molecule has 1 aromatic carbocycles. The fourth-order valence-electron chi connectivity index (χ4n) is 2.66. The van der Waals surface area contributed by atoms with Gasteiger partial charge < -0.3 is 10.6 Å². The highest BCUT2D eigenvalue weighted by molar-refractivity contribution is 7.99. The molecule has 0 unspecified atom stereocenters. The van der Waals surface area contributed by atoms with Crippen LogP contribution in [0.5, 0.6) is 0 Å². The van der Waals surface area contributed by atoms with E-state index in [1.54, 1.807) is 0 Å². The Hall–Kier alpha value is -2.12. The van der Waals surface area contributed by atoms with Gasteiger partial charge in [-0.3, -0.25) is 9.59 Å². The summed E-state index contributed by atoms with van der Waals surface area (Å²) in [5.41, 5.74) is 2.24. The molecule has 8 heteroatoms. The SMILES string of the molecule is CCSc1ncc(Cl)c(C(=O)N[C@H](CC(C)C)C(=O)NCc2ccc(C)cc2)n1. The Morgan fingerprint density at radius 1 is 1.21 bits per heavy atom. The summed E-state index contributed by atoms with van der Waals surface area (Å²) in [6.07, 6.45) is 1.92. The van der Waals surface area contributed by atoms with Crippen LogP contribution in [-0.4, -0.2) is 33.6 Å². The van der Waals surface area contributed by atoms with Crippen LogP contribution in [0.15, 0.2) is 35.6 Å². The number of nitrogens with one attached hydrogen (secondary N) is 2. The van der Waals surface area contributed by atoms with Crippen molar-refractivity contribution in [2.45, 2.75) is 51.9 Å². The second-order valence-corrected chi connectivity index (χ2v) is 8.78. The number of carbonyl (C=O) groups is 2. The average Bonchev–Trinajstić information content (AvgIpc) is 2.68. The number of carbonyl (C=O) groups excluding carboxylic acids is 2. The Bertz CT molecular complexity index is 843. The minimum absolute atomic E-state index is 0.0812. The fraction of sp³-hybridized carbons (Fsp3) is 0.429. The molecule has 0 bridgehead atoms. The summed E-state index contributed by atoms with van der Waals surface area (Å²) in [7, 11) is 0. The molecular weight excluding hydrogens is 408 g/mol. The third-order valence-corrected chi connectivity index (χ3v) is 5.15. The van der Waals surface area contributed by atoms with Crippen molar-refractivity contribution in [2.75, 3.05) is 5.75 Å². The van der Waals surface area contributed by atoms with Gasteiger partial charge >= 0.3 is 0 Å². The lowest BCUT2D eigenvalue weighted by molar-refractivity contribution is -0.123. The van der Waals surface area contributed by atoms with Crippen molar-refractivity contribution >= 4 is 35.2 Å². The lowest BCUT2D eigenvalue weighted by atomic mass is 10.0. The number of aromatic nitrogens is 2. The van der Waals surface area contributed by atoms with Gasteiger partial charge in [0.2, 0.25) is 5.91 Å². The van der Waals surface area contributed by atoms with Gasteiger partial charge in [0.05, 0.1) is 11.2 Å². The predicted molar refractivity (Wildman–Crippen MR) is 117 cm³/mol. The third-order valence-electron chi connectivity index (χ3n) is 4.13. The van der Waals surface area contributed by atoms with E-state index < -0.39 is 11.9 Å². The number of benzene rings is 1. The Kier molecular flexibility index (Phi) is 8.92. The minimum atomic E-state index is -0.679. The molecule has 0 spiro atoms. The van der Waals surface area contributed by atoms with Gasteiger partial charge in [-0.05, 0) is 30.6 Å². The third kappa shape index (κ3) is 7.33. The number of hydrogen-bond donors (Lipinski definition) is 2. The molecule has 1 heterocycles. The molecule has 156 valence electrons. The summed E-state index contributed by atoms with van der Waals surface area (Å²) in [6, 6.07) is 7.26. The van der Waals surface area contributed by atoms with Crippen LogP contribution in [0.2, 0.25) is 5.02 Å². The predicted octanol–water partition coefficient (Wildman–Crippen LogP) is 4.01. The molecule has 2 amide bonds. The highest BCUT2D eigenvalue weighted by Crippen LogP contribution is 2.18. The number of hydrogen-bond acceptors (Lipinski definition) is 5. The molecule has 0 fully saturated rings. The van der Waals surface area contributed by atoms with Crippen LogP contribution in [0, 0.1) is 12.8 Å². The van der Waals surface area contributed by atoms with E-state index in [0.717, 1.165) is 16.9 Å². The highest BCUT2D eigenvalue weighted by Gasteiger charge is 2.24. The normalized spacial score (nSPS) is 11.9.